The molecule has 0 aliphatic carbocycles. The number of hydrogen-bond acceptors (Lipinski definition) is 3. The van der Waals surface area contributed by atoms with Crippen molar-refractivity contribution in [2.75, 3.05) is 36.9 Å². The minimum Gasteiger partial charge on any atom is -0.396 e. The predicted molar refractivity (Wildman–Crippen MR) is 61.5 cm³/mol. The Balaban J connectivity index is 2.30. The van der Waals surface area contributed by atoms with Crippen LogP contribution in [0.5, 0.6) is 0 Å². The van der Waals surface area contributed by atoms with Crippen LogP contribution in [-0.4, -0.2) is 26.3 Å². The molecule has 1 aromatic carbocycles. The van der Waals surface area contributed by atoms with Gasteiger partial charge < -0.3 is 15.4 Å². The highest BCUT2D eigenvalue weighted by Gasteiger charge is 2.15. The number of ether oxygens (including phenoxy) is 1. The van der Waals surface area contributed by atoms with E-state index in [-0.39, 0.29) is 11.5 Å². The molecule has 1 aliphatic heterocycles. The molecule has 1 aromatic rings. The summed E-state index contributed by atoms with van der Waals surface area (Å²) in [6, 6.07) is 3.06. The van der Waals surface area contributed by atoms with E-state index in [1.54, 1.807) is 6.07 Å². The van der Waals surface area contributed by atoms with Gasteiger partial charge in [-0.05, 0) is 28.1 Å². The molecule has 0 spiro atoms. The lowest BCUT2D eigenvalue weighted by Crippen LogP contribution is -2.36. The molecule has 0 unspecified atom stereocenters. The van der Waals surface area contributed by atoms with E-state index in [4.69, 9.17) is 10.5 Å². The maximum atomic E-state index is 13.1. The Bertz CT molecular complexity index is 367. The van der Waals surface area contributed by atoms with Crippen LogP contribution in [-0.2, 0) is 4.74 Å². The van der Waals surface area contributed by atoms with E-state index in [0.29, 0.717) is 13.2 Å². The van der Waals surface area contributed by atoms with Gasteiger partial charge in [0.15, 0.2) is 0 Å². The number of rotatable bonds is 1. The maximum absolute atomic E-state index is 13.1. The van der Waals surface area contributed by atoms with Gasteiger partial charge in [0.2, 0.25) is 0 Å². The summed E-state index contributed by atoms with van der Waals surface area (Å²) in [6.45, 7) is 3.01. The zero-order valence-corrected chi connectivity index (χ0v) is 9.76. The third-order valence-electron chi connectivity index (χ3n) is 2.42. The van der Waals surface area contributed by atoms with Crippen LogP contribution in [0.2, 0.25) is 0 Å². The van der Waals surface area contributed by atoms with Crippen LogP contribution in [0, 0.1) is 5.82 Å². The zero-order valence-electron chi connectivity index (χ0n) is 8.17. The molecule has 1 heterocycles. The van der Waals surface area contributed by atoms with Crippen molar-refractivity contribution in [3.05, 3.63) is 22.4 Å². The van der Waals surface area contributed by atoms with E-state index in [0.717, 1.165) is 23.2 Å². The van der Waals surface area contributed by atoms with Gasteiger partial charge in [0.25, 0.3) is 0 Å². The predicted octanol–water partition coefficient (Wildman–Crippen LogP) is 2.01. The van der Waals surface area contributed by atoms with Crippen molar-refractivity contribution in [2.24, 2.45) is 0 Å². The van der Waals surface area contributed by atoms with E-state index in [1.807, 2.05) is 0 Å². The molecule has 0 saturated carbocycles. The zero-order chi connectivity index (χ0) is 10.8. The van der Waals surface area contributed by atoms with Crippen LogP contribution in [0.15, 0.2) is 16.6 Å². The molecule has 15 heavy (non-hydrogen) atoms. The van der Waals surface area contributed by atoms with Gasteiger partial charge in [-0.1, -0.05) is 0 Å². The lowest BCUT2D eigenvalue weighted by molar-refractivity contribution is 0.122. The molecule has 2 rings (SSSR count). The van der Waals surface area contributed by atoms with E-state index < -0.39 is 0 Å². The van der Waals surface area contributed by atoms with Crippen molar-refractivity contribution in [1.29, 1.82) is 0 Å². The van der Waals surface area contributed by atoms with Gasteiger partial charge in [0.1, 0.15) is 5.82 Å². The highest BCUT2D eigenvalue weighted by atomic mass is 79.9. The van der Waals surface area contributed by atoms with Crippen molar-refractivity contribution in [2.45, 2.75) is 0 Å². The summed E-state index contributed by atoms with van der Waals surface area (Å²) in [4.78, 5) is 2.13. The molecular formula is C10H12BrFN2O. The molecule has 1 aliphatic rings. The van der Waals surface area contributed by atoms with Crippen molar-refractivity contribution >= 4 is 27.3 Å². The Kier molecular flexibility index (Phi) is 3.11. The van der Waals surface area contributed by atoms with Gasteiger partial charge in [0, 0.05) is 17.6 Å². The molecule has 0 radical (unpaired) electrons. The van der Waals surface area contributed by atoms with E-state index >= 15 is 0 Å². The number of anilines is 2. The van der Waals surface area contributed by atoms with Crippen molar-refractivity contribution < 1.29 is 9.13 Å². The Morgan fingerprint density at radius 3 is 2.67 bits per heavy atom. The highest BCUT2D eigenvalue weighted by Crippen LogP contribution is 2.30. The molecule has 0 aromatic heterocycles. The van der Waals surface area contributed by atoms with E-state index in [9.17, 15) is 4.39 Å². The maximum Gasteiger partial charge on any atom is 0.147 e. The summed E-state index contributed by atoms with van der Waals surface area (Å²) in [7, 11) is 0. The topological polar surface area (TPSA) is 38.5 Å². The average molecular weight is 275 g/mol. The fraction of sp³-hybridized carbons (Fsp3) is 0.400. The molecule has 3 nitrogen and oxygen atoms in total. The van der Waals surface area contributed by atoms with Crippen molar-refractivity contribution in [3.8, 4) is 0 Å². The fourth-order valence-electron chi connectivity index (χ4n) is 1.60. The number of nitrogen functional groups attached to an aromatic ring is 1. The first-order valence-corrected chi connectivity index (χ1v) is 5.55. The molecule has 1 fully saturated rings. The van der Waals surface area contributed by atoms with Gasteiger partial charge >= 0.3 is 0 Å². The number of halogens is 2. The lowest BCUT2D eigenvalue weighted by atomic mass is 10.2. The Morgan fingerprint density at radius 1 is 1.33 bits per heavy atom. The summed E-state index contributed by atoms with van der Waals surface area (Å²) in [5.74, 6) is -0.390. The second-order valence-corrected chi connectivity index (χ2v) is 4.28. The van der Waals surface area contributed by atoms with Crippen molar-refractivity contribution in [1.82, 2.24) is 0 Å². The number of nitrogens with zero attached hydrogens (tertiary/aromatic N) is 1. The summed E-state index contributed by atoms with van der Waals surface area (Å²) in [6.07, 6.45) is 0. The van der Waals surface area contributed by atoms with E-state index in [1.165, 1.54) is 6.07 Å². The monoisotopic (exact) mass is 274 g/mol. The van der Waals surface area contributed by atoms with Crippen LogP contribution in [0.4, 0.5) is 15.8 Å². The summed E-state index contributed by atoms with van der Waals surface area (Å²) in [5.41, 5.74) is 6.65. The largest absolute Gasteiger partial charge is 0.396 e. The number of nitrogens with two attached hydrogens (primary N) is 1. The molecule has 0 atom stereocenters. The highest BCUT2D eigenvalue weighted by molar-refractivity contribution is 9.10. The van der Waals surface area contributed by atoms with Crippen LogP contribution < -0.4 is 10.6 Å². The molecule has 5 heteroatoms. The summed E-state index contributed by atoms with van der Waals surface area (Å²) in [5, 5.41) is 0. The first-order valence-electron chi connectivity index (χ1n) is 4.75. The number of benzene rings is 1. The standard InChI is InChI=1S/C10H12BrFN2O/c11-7-5-8(12)9(13)6-10(7)14-1-3-15-4-2-14/h5-6H,1-4,13H2. The third kappa shape index (κ3) is 2.23. The number of morpholine rings is 1. The molecule has 0 amide bonds. The Morgan fingerprint density at radius 2 is 2.00 bits per heavy atom. The SMILES string of the molecule is Nc1cc(N2CCOCC2)c(Br)cc1F. The first-order chi connectivity index (χ1) is 7.18. The number of hydrogen-bond donors (Lipinski definition) is 1. The van der Waals surface area contributed by atoms with Gasteiger partial charge in [-0.15, -0.1) is 0 Å². The second kappa shape index (κ2) is 4.37. The van der Waals surface area contributed by atoms with Crippen LogP contribution in [0.1, 0.15) is 0 Å². The van der Waals surface area contributed by atoms with Gasteiger partial charge in [-0.25, -0.2) is 4.39 Å². The van der Waals surface area contributed by atoms with Crippen LogP contribution >= 0.6 is 15.9 Å². The van der Waals surface area contributed by atoms with Gasteiger partial charge in [0.05, 0.1) is 24.6 Å². The lowest BCUT2D eigenvalue weighted by Gasteiger charge is -2.29. The summed E-state index contributed by atoms with van der Waals surface area (Å²) < 4.78 is 19.1. The smallest absolute Gasteiger partial charge is 0.147 e. The van der Waals surface area contributed by atoms with E-state index in [2.05, 4.69) is 20.8 Å². The third-order valence-corrected chi connectivity index (χ3v) is 3.05. The first kappa shape index (κ1) is 10.7. The Hall–Kier alpha value is -0.810. The van der Waals surface area contributed by atoms with Gasteiger partial charge in [-0.2, -0.15) is 0 Å². The molecular weight excluding hydrogens is 263 g/mol. The van der Waals surface area contributed by atoms with Gasteiger partial charge in [-0.3, -0.25) is 0 Å². The Labute approximate surface area is 96.1 Å². The molecule has 2 N–H and O–H groups in total. The van der Waals surface area contributed by atoms with Crippen LogP contribution in [0.3, 0.4) is 0 Å². The second-order valence-electron chi connectivity index (χ2n) is 3.42. The van der Waals surface area contributed by atoms with Crippen molar-refractivity contribution in [3.63, 3.8) is 0 Å². The molecule has 1 saturated heterocycles. The quantitative estimate of drug-likeness (QED) is 0.797. The average Bonchev–Trinajstić information content (AvgIpc) is 2.25. The fourth-order valence-corrected chi connectivity index (χ4v) is 2.17. The molecule has 0 bridgehead atoms. The normalized spacial score (nSPS) is 16.8. The minimum absolute atomic E-state index is 0.180. The van der Waals surface area contributed by atoms with Crippen LogP contribution in [0.25, 0.3) is 0 Å². The minimum atomic E-state index is -0.390. The summed E-state index contributed by atoms with van der Waals surface area (Å²) >= 11 is 3.34. The molecule has 82 valence electrons.